The first-order valence-electron chi connectivity index (χ1n) is 8.06. The highest BCUT2D eigenvalue weighted by molar-refractivity contribution is 6.39. The van der Waals surface area contributed by atoms with Crippen LogP contribution in [0.1, 0.15) is 11.1 Å². The molecule has 0 atom stereocenters. The van der Waals surface area contributed by atoms with E-state index < -0.39 is 0 Å². The van der Waals surface area contributed by atoms with E-state index in [2.05, 4.69) is 10.6 Å². The van der Waals surface area contributed by atoms with Crippen LogP contribution in [-0.2, 0) is 9.59 Å². The molecule has 0 aromatic heterocycles. The van der Waals surface area contributed by atoms with Crippen molar-refractivity contribution in [1.82, 2.24) is 4.90 Å². The van der Waals surface area contributed by atoms with E-state index >= 15 is 0 Å². The van der Waals surface area contributed by atoms with E-state index in [-0.39, 0.29) is 24.9 Å². The van der Waals surface area contributed by atoms with Gasteiger partial charge in [0.15, 0.2) is 0 Å². The minimum absolute atomic E-state index is 0.0295. The number of likely N-dealkylation sites (N-methyl/N-ethyl adjacent to an activating group) is 1. The summed E-state index contributed by atoms with van der Waals surface area (Å²) in [6.07, 6.45) is 0. The molecular formula is C19H21Cl2N3O2. The average molecular weight is 394 g/mol. The maximum atomic E-state index is 12.2. The molecule has 138 valence electrons. The van der Waals surface area contributed by atoms with E-state index in [1.165, 1.54) is 0 Å². The van der Waals surface area contributed by atoms with E-state index in [1.54, 1.807) is 30.1 Å². The van der Waals surface area contributed by atoms with Gasteiger partial charge in [0.1, 0.15) is 0 Å². The Labute approximate surface area is 163 Å². The first-order valence-corrected chi connectivity index (χ1v) is 8.82. The SMILES string of the molecule is Cc1cccc(C)c1NC(=O)CN(C)CC(=O)Nc1c(Cl)cccc1Cl. The molecule has 7 heteroatoms. The van der Waals surface area contributed by atoms with E-state index in [1.807, 2.05) is 32.0 Å². The summed E-state index contributed by atoms with van der Waals surface area (Å²) >= 11 is 12.1. The fourth-order valence-corrected chi connectivity index (χ4v) is 3.02. The highest BCUT2D eigenvalue weighted by Gasteiger charge is 2.14. The molecule has 0 spiro atoms. The van der Waals surface area contributed by atoms with E-state index in [0.29, 0.717) is 15.7 Å². The van der Waals surface area contributed by atoms with Gasteiger partial charge < -0.3 is 10.6 Å². The number of hydrogen-bond donors (Lipinski definition) is 2. The minimum atomic E-state index is -0.303. The monoisotopic (exact) mass is 393 g/mol. The first-order chi connectivity index (χ1) is 12.3. The number of anilines is 2. The van der Waals surface area contributed by atoms with Crippen LogP contribution in [0, 0.1) is 13.8 Å². The first kappa shape index (κ1) is 20.2. The topological polar surface area (TPSA) is 61.4 Å². The number of amides is 2. The average Bonchev–Trinajstić information content (AvgIpc) is 2.54. The summed E-state index contributed by atoms with van der Waals surface area (Å²) in [5.41, 5.74) is 3.16. The molecule has 2 amide bonds. The van der Waals surface area contributed by atoms with Gasteiger partial charge in [-0.25, -0.2) is 0 Å². The van der Waals surface area contributed by atoms with Crippen LogP contribution in [0.3, 0.4) is 0 Å². The van der Waals surface area contributed by atoms with Crippen molar-refractivity contribution in [3.63, 3.8) is 0 Å². The predicted octanol–water partition coefficient (Wildman–Crippen LogP) is 4.12. The zero-order chi connectivity index (χ0) is 19.3. The molecule has 0 unspecified atom stereocenters. The third kappa shape index (κ3) is 5.46. The quantitative estimate of drug-likeness (QED) is 0.775. The van der Waals surface area contributed by atoms with Gasteiger partial charge >= 0.3 is 0 Å². The summed E-state index contributed by atoms with van der Waals surface area (Å²) in [5.74, 6) is -0.490. The molecule has 0 aliphatic carbocycles. The number of nitrogens with one attached hydrogen (secondary N) is 2. The Bertz CT molecular complexity index is 716. The van der Waals surface area contributed by atoms with Crippen molar-refractivity contribution < 1.29 is 9.59 Å². The fraction of sp³-hybridized carbons (Fsp3) is 0.263. The molecule has 0 heterocycles. The number of halogens is 2. The third-order valence-electron chi connectivity index (χ3n) is 3.80. The van der Waals surface area contributed by atoms with Crippen LogP contribution in [0.5, 0.6) is 0 Å². The summed E-state index contributed by atoms with van der Waals surface area (Å²) in [6, 6.07) is 10.8. The number of para-hydroxylation sites is 2. The van der Waals surface area contributed by atoms with Gasteiger partial charge in [-0.05, 0) is 44.2 Å². The number of benzene rings is 2. The molecule has 0 saturated carbocycles. The number of aryl methyl sites for hydroxylation is 2. The van der Waals surface area contributed by atoms with Crippen molar-refractivity contribution in [2.75, 3.05) is 30.8 Å². The Morgan fingerprint density at radius 1 is 0.846 bits per heavy atom. The van der Waals surface area contributed by atoms with Gasteiger partial charge in [-0.3, -0.25) is 14.5 Å². The van der Waals surface area contributed by atoms with Gasteiger partial charge in [-0.1, -0.05) is 47.5 Å². The molecule has 0 radical (unpaired) electrons. The fourth-order valence-electron chi connectivity index (χ4n) is 2.53. The van der Waals surface area contributed by atoms with Crippen molar-refractivity contribution in [3.05, 3.63) is 57.6 Å². The van der Waals surface area contributed by atoms with Crippen LogP contribution in [0.15, 0.2) is 36.4 Å². The van der Waals surface area contributed by atoms with Crippen molar-refractivity contribution in [2.45, 2.75) is 13.8 Å². The zero-order valence-electron chi connectivity index (χ0n) is 14.9. The second-order valence-corrected chi connectivity index (χ2v) is 6.95. The lowest BCUT2D eigenvalue weighted by atomic mass is 10.1. The van der Waals surface area contributed by atoms with Gasteiger partial charge in [-0.15, -0.1) is 0 Å². The Morgan fingerprint density at radius 3 is 1.77 bits per heavy atom. The molecule has 2 aromatic rings. The number of rotatable bonds is 6. The van der Waals surface area contributed by atoms with Gasteiger partial charge in [0, 0.05) is 5.69 Å². The van der Waals surface area contributed by atoms with Crippen molar-refractivity contribution in [2.24, 2.45) is 0 Å². The largest absolute Gasteiger partial charge is 0.324 e. The van der Waals surface area contributed by atoms with Crippen LogP contribution in [0.25, 0.3) is 0 Å². The molecule has 0 saturated heterocycles. The molecule has 2 aromatic carbocycles. The normalized spacial score (nSPS) is 10.7. The molecule has 0 aliphatic rings. The number of hydrogen-bond acceptors (Lipinski definition) is 3. The van der Waals surface area contributed by atoms with E-state index in [0.717, 1.165) is 16.8 Å². The lowest BCUT2D eigenvalue weighted by molar-refractivity contribution is -0.119. The number of carbonyl (C=O) groups is 2. The van der Waals surface area contributed by atoms with Crippen LogP contribution in [0.4, 0.5) is 11.4 Å². The predicted molar refractivity (Wildman–Crippen MR) is 107 cm³/mol. The molecule has 2 rings (SSSR count). The number of nitrogens with zero attached hydrogens (tertiary/aromatic N) is 1. The van der Waals surface area contributed by atoms with Crippen LogP contribution in [-0.4, -0.2) is 36.9 Å². The molecular weight excluding hydrogens is 373 g/mol. The Hall–Kier alpha value is -2.08. The summed E-state index contributed by atoms with van der Waals surface area (Å²) in [4.78, 5) is 26.0. The molecule has 26 heavy (non-hydrogen) atoms. The Balaban J connectivity index is 1.90. The van der Waals surface area contributed by atoms with E-state index in [9.17, 15) is 9.59 Å². The van der Waals surface area contributed by atoms with E-state index in [4.69, 9.17) is 23.2 Å². The maximum absolute atomic E-state index is 12.2. The third-order valence-corrected chi connectivity index (χ3v) is 4.43. The second kappa shape index (κ2) is 9.03. The summed E-state index contributed by atoms with van der Waals surface area (Å²) in [7, 11) is 1.69. The summed E-state index contributed by atoms with van der Waals surface area (Å²) in [5, 5.41) is 6.29. The zero-order valence-corrected chi connectivity index (χ0v) is 16.4. The lowest BCUT2D eigenvalue weighted by Crippen LogP contribution is -2.36. The highest BCUT2D eigenvalue weighted by atomic mass is 35.5. The Morgan fingerprint density at radius 2 is 1.27 bits per heavy atom. The van der Waals surface area contributed by atoms with Crippen molar-refractivity contribution >= 4 is 46.4 Å². The van der Waals surface area contributed by atoms with Crippen molar-refractivity contribution in [3.8, 4) is 0 Å². The summed E-state index contributed by atoms with van der Waals surface area (Å²) in [6.45, 7) is 3.99. The van der Waals surface area contributed by atoms with Crippen molar-refractivity contribution in [1.29, 1.82) is 0 Å². The Kier molecular flexibility index (Phi) is 7.03. The smallest absolute Gasteiger partial charge is 0.238 e. The number of carbonyl (C=O) groups excluding carboxylic acids is 2. The molecule has 2 N–H and O–H groups in total. The molecule has 0 fully saturated rings. The second-order valence-electron chi connectivity index (χ2n) is 6.13. The molecule has 0 aliphatic heterocycles. The standard InChI is InChI=1S/C19H21Cl2N3O2/c1-12-6-4-7-13(2)18(12)22-16(25)10-24(3)11-17(26)23-19-14(20)8-5-9-15(19)21/h4-9H,10-11H2,1-3H3,(H,22,25)(H,23,26). The molecule has 0 bridgehead atoms. The van der Waals surface area contributed by atoms with Gasteiger partial charge in [0.2, 0.25) is 11.8 Å². The minimum Gasteiger partial charge on any atom is -0.324 e. The van der Waals surface area contributed by atoms with Gasteiger partial charge in [-0.2, -0.15) is 0 Å². The highest BCUT2D eigenvalue weighted by Crippen LogP contribution is 2.29. The van der Waals surface area contributed by atoms with Crippen LogP contribution >= 0.6 is 23.2 Å². The maximum Gasteiger partial charge on any atom is 0.238 e. The van der Waals surface area contributed by atoms with Crippen LogP contribution < -0.4 is 10.6 Å². The summed E-state index contributed by atoms with van der Waals surface area (Å²) < 4.78 is 0. The van der Waals surface area contributed by atoms with Crippen LogP contribution in [0.2, 0.25) is 10.0 Å². The molecule has 5 nitrogen and oxygen atoms in total. The van der Waals surface area contributed by atoms with Gasteiger partial charge in [0.25, 0.3) is 0 Å². The lowest BCUT2D eigenvalue weighted by Gasteiger charge is -2.18. The van der Waals surface area contributed by atoms with Gasteiger partial charge in [0.05, 0.1) is 28.8 Å².